The van der Waals surface area contributed by atoms with Gasteiger partial charge in [0.2, 0.25) is 5.91 Å². The molecule has 1 N–H and O–H groups in total. The van der Waals surface area contributed by atoms with Crippen LogP contribution in [-0.4, -0.2) is 25.2 Å². The van der Waals surface area contributed by atoms with E-state index in [9.17, 15) is 4.79 Å². The highest BCUT2D eigenvalue weighted by molar-refractivity contribution is 5.76. The van der Waals surface area contributed by atoms with Crippen LogP contribution in [0.4, 0.5) is 0 Å². The largest absolute Gasteiger partial charge is 0.381 e. The number of amides is 1. The first-order valence-corrected chi connectivity index (χ1v) is 6.67. The summed E-state index contributed by atoms with van der Waals surface area (Å²) in [6, 6.07) is 8.55. The van der Waals surface area contributed by atoms with Crippen LogP contribution in [0.3, 0.4) is 0 Å². The fraction of sp³-hybridized carbons (Fsp3) is 0.533. The Morgan fingerprint density at radius 2 is 2.06 bits per heavy atom. The number of rotatable bonds is 4. The lowest BCUT2D eigenvalue weighted by atomic mass is 10.0. The van der Waals surface area contributed by atoms with Gasteiger partial charge < -0.3 is 10.1 Å². The topological polar surface area (TPSA) is 38.3 Å². The Labute approximate surface area is 109 Å². The number of benzene rings is 1. The van der Waals surface area contributed by atoms with Gasteiger partial charge in [0.1, 0.15) is 0 Å². The van der Waals surface area contributed by atoms with E-state index in [0.29, 0.717) is 12.5 Å². The first-order chi connectivity index (χ1) is 8.75. The van der Waals surface area contributed by atoms with Crippen LogP contribution in [0.15, 0.2) is 24.3 Å². The summed E-state index contributed by atoms with van der Waals surface area (Å²) >= 11 is 0. The second-order valence-electron chi connectivity index (χ2n) is 4.88. The second-order valence-corrected chi connectivity index (χ2v) is 4.88. The summed E-state index contributed by atoms with van der Waals surface area (Å²) < 4.78 is 5.27. The molecular formula is C15H21NO2. The van der Waals surface area contributed by atoms with Crippen molar-refractivity contribution in [2.45, 2.75) is 38.6 Å². The number of ether oxygens (including phenoxy) is 1. The highest BCUT2D eigenvalue weighted by Crippen LogP contribution is 2.10. The van der Waals surface area contributed by atoms with Crippen LogP contribution in [0.5, 0.6) is 0 Å². The Bertz CT molecular complexity index is 397. The zero-order valence-corrected chi connectivity index (χ0v) is 10.9. The summed E-state index contributed by atoms with van der Waals surface area (Å²) in [5, 5.41) is 3.09. The number of carbonyl (C=O) groups excluding carboxylic acids is 1. The van der Waals surface area contributed by atoms with Gasteiger partial charge in [-0.05, 0) is 37.3 Å². The van der Waals surface area contributed by atoms with E-state index in [1.165, 1.54) is 11.1 Å². The predicted octanol–water partition coefficient (Wildman–Crippen LogP) is 2.22. The lowest BCUT2D eigenvalue weighted by Gasteiger charge is -2.23. The minimum absolute atomic E-state index is 0.158. The normalized spacial score (nSPS) is 16.5. The summed E-state index contributed by atoms with van der Waals surface area (Å²) in [6.07, 6.45) is 3.27. The molecule has 1 aromatic rings. The van der Waals surface area contributed by atoms with Crippen molar-refractivity contribution in [2.75, 3.05) is 13.2 Å². The van der Waals surface area contributed by atoms with Gasteiger partial charge in [0.15, 0.2) is 0 Å². The summed E-state index contributed by atoms with van der Waals surface area (Å²) in [5.74, 6) is 0.158. The Balaban J connectivity index is 1.76. The molecule has 2 rings (SSSR count). The van der Waals surface area contributed by atoms with Crippen molar-refractivity contribution in [3.05, 3.63) is 35.4 Å². The van der Waals surface area contributed by atoms with E-state index >= 15 is 0 Å². The van der Waals surface area contributed by atoms with Gasteiger partial charge in [-0.2, -0.15) is 0 Å². The van der Waals surface area contributed by atoms with Crippen LogP contribution in [0, 0.1) is 6.92 Å². The molecular weight excluding hydrogens is 226 g/mol. The van der Waals surface area contributed by atoms with Crippen molar-refractivity contribution in [3.8, 4) is 0 Å². The van der Waals surface area contributed by atoms with Crippen molar-refractivity contribution in [2.24, 2.45) is 0 Å². The Morgan fingerprint density at radius 1 is 1.33 bits per heavy atom. The highest BCUT2D eigenvalue weighted by atomic mass is 16.5. The molecule has 0 spiro atoms. The minimum atomic E-state index is 0.158. The monoisotopic (exact) mass is 247 g/mol. The average Bonchev–Trinajstić information content (AvgIpc) is 2.39. The van der Waals surface area contributed by atoms with Gasteiger partial charge >= 0.3 is 0 Å². The lowest BCUT2D eigenvalue weighted by Crippen LogP contribution is -2.38. The number of hydrogen-bond donors (Lipinski definition) is 1. The third-order valence-electron chi connectivity index (χ3n) is 3.47. The molecule has 1 amide bonds. The predicted molar refractivity (Wildman–Crippen MR) is 71.5 cm³/mol. The van der Waals surface area contributed by atoms with Gasteiger partial charge in [-0.25, -0.2) is 0 Å². The van der Waals surface area contributed by atoms with Crippen molar-refractivity contribution in [1.29, 1.82) is 0 Å². The van der Waals surface area contributed by atoms with Crippen molar-refractivity contribution in [3.63, 3.8) is 0 Å². The van der Waals surface area contributed by atoms with E-state index in [1.807, 2.05) is 12.1 Å². The van der Waals surface area contributed by atoms with Crippen LogP contribution in [0.2, 0.25) is 0 Å². The highest BCUT2D eigenvalue weighted by Gasteiger charge is 2.15. The van der Waals surface area contributed by atoms with Gasteiger partial charge in [-0.1, -0.05) is 24.3 Å². The van der Waals surface area contributed by atoms with E-state index < -0.39 is 0 Å². The van der Waals surface area contributed by atoms with Crippen molar-refractivity contribution >= 4 is 5.91 Å². The van der Waals surface area contributed by atoms with Crippen molar-refractivity contribution in [1.82, 2.24) is 5.32 Å². The van der Waals surface area contributed by atoms with Gasteiger partial charge in [-0.15, -0.1) is 0 Å². The maximum atomic E-state index is 11.8. The van der Waals surface area contributed by atoms with Crippen molar-refractivity contribution < 1.29 is 9.53 Å². The fourth-order valence-electron chi connectivity index (χ4n) is 2.28. The van der Waals surface area contributed by atoms with Crippen LogP contribution in [-0.2, 0) is 16.0 Å². The smallest absolute Gasteiger partial charge is 0.220 e. The summed E-state index contributed by atoms with van der Waals surface area (Å²) in [6.45, 7) is 3.62. The van der Waals surface area contributed by atoms with Gasteiger partial charge in [0.25, 0.3) is 0 Å². The molecule has 1 aliphatic rings. The van der Waals surface area contributed by atoms with Crippen LogP contribution < -0.4 is 5.32 Å². The zero-order chi connectivity index (χ0) is 12.8. The summed E-state index contributed by atoms with van der Waals surface area (Å²) in [4.78, 5) is 11.8. The van der Waals surface area contributed by atoms with Crippen LogP contribution in [0.25, 0.3) is 0 Å². The quantitative estimate of drug-likeness (QED) is 0.886. The maximum absolute atomic E-state index is 11.8. The third-order valence-corrected chi connectivity index (χ3v) is 3.47. The molecule has 1 aliphatic heterocycles. The Morgan fingerprint density at radius 3 is 2.78 bits per heavy atom. The first-order valence-electron chi connectivity index (χ1n) is 6.67. The molecule has 0 bridgehead atoms. The second kappa shape index (κ2) is 6.55. The Kier molecular flexibility index (Phi) is 4.76. The van der Waals surface area contributed by atoms with Gasteiger partial charge in [0, 0.05) is 25.7 Å². The number of nitrogens with one attached hydrogen (secondary N) is 1. The van der Waals surface area contributed by atoms with E-state index in [1.54, 1.807) is 0 Å². The number of hydrogen-bond acceptors (Lipinski definition) is 2. The molecule has 3 nitrogen and oxygen atoms in total. The van der Waals surface area contributed by atoms with E-state index in [4.69, 9.17) is 4.74 Å². The molecule has 3 heteroatoms. The molecule has 18 heavy (non-hydrogen) atoms. The molecule has 1 heterocycles. The molecule has 0 radical (unpaired) electrons. The fourth-order valence-corrected chi connectivity index (χ4v) is 2.28. The standard InChI is InChI=1S/C15H21NO2/c1-12-4-2-3-5-13(12)6-7-15(17)16-14-8-10-18-11-9-14/h2-5,14H,6-11H2,1H3,(H,16,17). The molecule has 0 aromatic heterocycles. The molecule has 0 aliphatic carbocycles. The third kappa shape index (κ3) is 3.84. The first kappa shape index (κ1) is 13.1. The lowest BCUT2D eigenvalue weighted by molar-refractivity contribution is -0.122. The molecule has 0 saturated carbocycles. The minimum Gasteiger partial charge on any atom is -0.381 e. The Hall–Kier alpha value is -1.35. The SMILES string of the molecule is Cc1ccccc1CCC(=O)NC1CCOCC1. The number of aryl methyl sites for hydroxylation is 2. The molecule has 0 atom stereocenters. The van der Waals surface area contributed by atoms with Gasteiger partial charge in [-0.3, -0.25) is 4.79 Å². The molecule has 1 aromatic carbocycles. The molecule has 98 valence electrons. The summed E-state index contributed by atoms with van der Waals surface area (Å²) in [5.41, 5.74) is 2.52. The van der Waals surface area contributed by atoms with E-state index in [2.05, 4.69) is 24.4 Å². The molecule has 0 unspecified atom stereocenters. The molecule has 1 fully saturated rings. The average molecular weight is 247 g/mol. The van der Waals surface area contributed by atoms with Crippen LogP contribution >= 0.6 is 0 Å². The van der Waals surface area contributed by atoms with E-state index in [0.717, 1.165) is 32.5 Å². The van der Waals surface area contributed by atoms with Gasteiger partial charge in [0.05, 0.1) is 0 Å². The zero-order valence-electron chi connectivity index (χ0n) is 10.9. The number of carbonyl (C=O) groups is 1. The summed E-state index contributed by atoms with van der Waals surface area (Å²) in [7, 11) is 0. The maximum Gasteiger partial charge on any atom is 0.220 e. The molecule has 1 saturated heterocycles. The van der Waals surface area contributed by atoms with E-state index in [-0.39, 0.29) is 5.91 Å². The van der Waals surface area contributed by atoms with Crippen LogP contribution in [0.1, 0.15) is 30.4 Å².